The van der Waals surface area contributed by atoms with E-state index in [1.165, 1.54) is 18.6 Å². The van der Waals surface area contributed by atoms with Crippen LogP contribution < -0.4 is 10.6 Å². The highest BCUT2D eigenvalue weighted by molar-refractivity contribution is 8.00. The number of hydrogen-bond acceptors (Lipinski definition) is 3. The van der Waals surface area contributed by atoms with Gasteiger partial charge >= 0.3 is 0 Å². The maximum absolute atomic E-state index is 3.71. The summed E-state index contributed by atoms with van der Waals surface area (Å²) in [5.41, 5.74) is 0.410. The first-order valence-corrected chi connectivity index (χ1v) is 6.20. The number of thioether (sulfide) groups is 1. The summed E-state index contributed by atoms with van der Waals surface area (Å²) in [5, 5.41) is 7.23. The second-order valence-corrected chi connectivity index (χ2v) is 6.72. The van der Waals surface area contributed by atoms with Crippen molar-refractivity contribution in [3.8, 4) is 0 Å². The third kappa shape index (κ3) is 2.20. The lowest BCUT2D eigenvalue weighted by Crippen LogP contribution is -2.62. The molecule has 2 rings (SSSR count). The third-order valence-electron chi connectivity index (χ3n) is 3.10. The lowest BCUT2D eigenvalue weighted by molar-refractivity contribution is 0.224. The van der Waals surface area contributed by atoms with Crippen LogP contribution in [0.5, 0.6) is 0 Å². The first-order chi connectivity index (χ1) is 6.12. The summed E-state index contributed by atoms with van der Waals surface area (Å²) in [6, 6.07) is 0. The highest BCUT2D eigenvalue weighted by Gasteiger charge is 2.40. The van der Waals surface area contributed by atoms with E-state index in [1.54, 1.807) is 0 Å². The van der Waals surface area contributed by atoms with E-state index in [0.29, 0.717) is 10.3 Å². The van der Waals surface area contributed by atoms with Gasteiger partial charge in [-0.1, -0.05) is 13.8 Å². The van der Waals surface area contributed by atoms with E-state index in [9.17, 15) is 0 Å². The molecule has 2 aliphatic rings. The Morgan fingerprint density at radius 2 is 2.08 bits per heavy atom. The Labute approximate surface area is 85.2 Å². The van der Waals surface area contributed by atoms with Gasteiger partial charge in [-0.3, -0.25) is 0 Å². The van der Waals surface area contributed by atoms with Crippen LogP contribution in [0.3, 0.4) is 0 Å². The van der Waals surface area contributed by atoms with Crippen molar-refractivity contribution < 1.29 is 0 Å². The van der Waals surface area contributed by atoms with Gasteiger partial charge in [0.25, 0.3) is 0 Å². The molecule has 1 unspecified atom stereocenters. The predicted molar refractivity (Wildman–Crippen MR) is 59.4 cm³/mol. The van der Waals surface area contributed by atoms with Crippen molar-refractivity contribution in [3.63, 3.8) is 0 Å². The van der Waals surface area contributed by atoms with Crippen LogP contribution in [-0.4, -0.2) is 35.7 Å². The molecule has 2 saturated heterocycles. The van der Waals surface area contributed by atoms with E-state index in [2.05, 4.69) is 36.2 Å². The molecule has 13 heavy (non-hydrogen) atoms. The minimum atomic E-state index is 0.410. The molecule has 0 radical (unpaired) electrons. The molecule has 0 amide bonds. The first-order valence-electron chi connectivity index (χ1n) is 5.22. The average molecular weight is 200 g/mol. The van der Waals surface area contributed by atoms with Gasteiger partial charge < -0.3 is 10.6 Å². The van der Waals surface area contributed by atoms with Crippen LogP contribution in [0.1, 0.15) is 26.7 Å². The lowest BCUT2D eigenvalue weighted by Gasteiger charge is -2.47. The second kappa shape index (κ2) is 3.44. The molecule has 1 spiro atoms. The Balaban J connectivity index is 2.04. The molecule has 2 aliphatic heterocycles. The Kier molecular flexibility index (Phi) is 2.60. The average Bonchev–Trinajstić information content (AvgIpc) is 2.03. The van der Waals surface area contributed by atoms with Crippen molar-refractivity contribution in [2.75, 3.05) is 25.4 Å². The molecule has 3 heteroatoms. The molecule has 0 aromatic rings. The lowest BCUT2D eigenvalue weighted by atomic mass is 9.84. The minimum absolute atomic E-state index is 0.410. The van der Waals surface area contributed by atoms with Crippen LogP contribution in [-0.2, 0) is 0 Å². The summed E-state index contributed by atoms with van der Waals surface area (Å²) in [4.78, 5) is 0. The van der Waals surface area contributed by atoms with Crippen molar-refractivity contribution in [2.45, 2.75) is 37.0 Å². The fourth-order valence-electron chi connectivity index (χ4n) is 2.59. The number of piperazine rings is 1. The molecule has 0 bridgehead atoms. The molecular weight excluding hydrogens is 180 g/mol. The standard InChI is InChI=1S/C10H20N2S/c1-9(2)7-10(3-6-13-9)8-11-4-5-12-10/h11-12H,3-8H2,1-2H3. The van der Waals surface area contributed by atoms with Crippen molar-refractivity contribution in [3.05, 3.63) is 0 Å². The van der Waals surface area contributed by atoms with Gasteiger partial charge in [0.1, 0.15) is 0 Å². The Bertz CT molecular complexity index is 180. The van der Waals surface area contributed by atoms with Crippen molar-refractivity contribution in [1.29, 1.82) is 0 Å². The fraction of sp³-hybridized carbons (Fsp3) is 1.00. The van der Waals surface area contributed by atoms with Crippen LogP contribution in [0.2, 0.25) is 0 Å². The van der Waals surface area contributed by atoms with E-state index in [0.717, 1.165) is 19.6 Å². The van der Waals surface area contributed by atoms with Crippen LogP contribution in [0.25, 0.3) is 0 Å². The van der Waals surface area contributed by atoms with E-state index >= 15 is 0 Å². The largest absolute Gasteiger partial charge is 0.314 e. The van der Waals surface area contributed by atoms with Crippen molar-refractivity contribution >= 4 is 11.8 Å². The van der Waals surface area contributed by atoms with Crippen molar-refractivity contribution in [2.24, 2.45) is 0 Å². The summed E-state index contributed by atoms with van der Waals surface area (Å²) in [6.45, 7) is 8.18. The summed E-state index contributed by atoms with van der Waals surface area (Å²) in [6.07, 6.45) is 2.63. The van der Waals surface area contributed by atoms with Gasteiger partial charge in [0.05, 0.1) is 0 Å². The monoisotopic (exact) mass is 200 g/mol. The fourth-order valence-corrected chi connectivity index (χ4v) is 4.01. The third-order valence-corrected chi connectivity index (χ3v) is 4.44. The zero-order valence-corrected chi connectivity index (χ0v) is 9.47. The van der Waals surface area contributed by atoms with Crippen molar-refractivity contribution in [1.82, 2.24) is 10.6 Å². The summed E-state index contributed by atoms with van der Waals surface area (Å²) >= 11 is 2.12. The van der Waals surface area contributed by atoms with Gasteiger partial charge in [0.2, 0.25) is 0 Å². The Morgan fingerprint density at radius 1 is 1.23 bits per heavy atom. The van der Waals surface area contributed by atoms with Gasteiger partial charge in [0, 0.05) is 29.9 Å². The second-order valence-electron chi connectivity index (χ2n) is 4.92. The van der Waals surface area contributed by atoms with Gasteiger partial charge in [-0.2, -0.15) is 11.8 Å². The molecule has 0 saturated carbocycles. The summed E-state index contributed by atoms with van der Waals surface area (Å²) < 4.78 is 0.463. The molecule has 2 fully saturated rings. The topological polar surface area (TPSA) is 24.1 Å². The van der Waals surface area contributed by atoms with E-state index in [1.807, 2.05) is 0 Å². The van der Waals surface area contributed by atoms with Crippen LogP contribution >= 0.6 is 11.8 Å². The van der Waals surface area contributed by atoms with Crippen LogP contribution in [0, 0.1) is 0 Å². The van der Waals surface area contributed by atoms with E-state index in [4.69, 9.17) is 0 Å². The molecule has 0 aliphatic carbocycles. The molecule has 2 nitrogen and oxygen atoms in total. The van der Waals surface area contributed by atoms with Gasteiger partial charge in [-0.15, -0.1) is 0 Å². The quantitative estimate of drug-likeness (QED) is 0.615. The first kappa shape index (κ1) is 9.81. The predicted octanol–water partition coefficient (Wildman–Crippen LogP) is 1.22. The smallest absolute Gasteiger partial charge is 0.0327 e. The maximum atomic E-state index is 3.71. The molecule has 76 valence electrons. The molecule has 0 aromatic carbocycles. The maximum Gasteiger partial charge on any atom is 0.0327 e. The SMILES string of the molecule is CC1(C)CC2(CCS1)CNCCN2. The van der Waals surface area contributed by atoms with Gasteiger partial charge in [0.15, 0.2) is 0 Å². The molecule has 2 heterocycles. The molecule has 2 N–H and O–H groups in total. The Morgan fingerprint density at radius 3 is 2.69 bits per heavy atom. The molecular formula is C10H20N2S. The van der Waals surface area contributed by atoms with Crippen LogP contribution in [0.4, 0.5) is 0 Å². The number of rotatable bonds is 0. The Hall–Kier alpha value is 0.270. The highest BCUT2D eigenvalue weighted by atomic mass is 32.2. The van der Waals surface area contributed by atoms with E-state index in [-0.39, 0.29) is 0 Å². The van der Waals surface area contributed by atoms with E-state index < -0.39 is 0 Å². The zero-order valence-electron chi connectivity index (χ0n) is 8.65. The van der Waals surface area contributed by atoms with Gasteiger partial charge in [-0.05, 0) is 18.6 Å². The normalized spacial score (nSPS) is 39.2. The minimum Gasteiger partial charge on any atom is -0.314 e. The van der Waals surface area contributed by atoms with Crippen LogP contribution in [0.15, 0.2) is 0 Å². The summed E-state index contributed by atoms with van der Waals surface area (Å²) in [5.74, 6) is 1.31. The zero-order chi connectivity index (χ0) is 9.36. The summed E-state index contributed by atoms with van der Waals surface area (Å²) in [7, 11) is 0. The molecule has 1 atom stereocenters. The number of hydrogen-bond donors (Lipinski definition) is 2. The highest BCUT2D eigenvalue weighted by Crippen LogP contribution is 2.40. The molecule has 0 aromatic heterocycles. The van der Waals surface area contributed by atoms with Gasteiger partial charge in [-0.25, -0.2) is 0 Å². The number of nitrogens with one attached hydrogen (secondary N) is 2.